The maximum Gasteiger partial charge on any atom is 0.159 e. The second kappa shape index (κ2) is 4.66. The minimum atomic E-state index is -1.02. The Kier molecular flexibility index (Phi) is 3.45. The molecule has 0 bridgehead atoms. The first-order valence-corrected chi connectivity index (χ1v) is 6.87. The van der Waals surface area contributed by atoms with Crippen LogP contribution >= 0.6 is 0 Å². The molecule has 1 atom stereocenters. The van der Waals surface area contributed by atoms with E-state index < -0.39 is 6.17 Å². The molecule has 2 rings (SSSR count). The molecule has 2 heterocycles. The number of allylic oxidation sites excluding steroid dienone is 1. The third-order valence-electron chi connectivity index (χ3n) is 3.61. The molecule has 1 unspecified atom stereocenters. The van der Waals surface area contributed by atoms with Crippen LogP contribution in [-0.4, -0.2) is 26.8 Å². The Morgan fingerprint density at radius 2 is 2.05 bits per heavy atom. The van der Waals surface area contributed by atoms with Gasteiger partial charge in [-0.15, -0.1) is 0 Å². The first-order valence-electron chi connectivity index (χ1n) is 6.87. The van der Waals surface area contributed by atoms with Gasteiger partial charge in [0.25, 0.3) is 0 Å². The highest BCUT2D eigenvalue weighted by Crippen LogP contribution is 2.31. The van der Waals surface area contributed by atoms with Crippen LogP contribution in [0, 0.1) is 0 Å². The van der Waals surface area contributed by atoms with E-state index in [4.69, 9.17) is 0 Å². The lowest BCUT2D eigenvalue weighted by atomic mass is 10.0. The van der Waals surface area contributed by atoms with Gasteiger partial charge in [-0.3, -0.25) is 4.68 Å². The molecule has 0 radical (unpaired) electrons. The normalized spacial score (nSPS) is 20.7. The van der Waals surface area contributed by atoms with Gasteiger partial charge in [0.2, 0.25) is 0 Å². The quantitative estimate of drug-likeness (QED) is 0.773. The number of aromatic nitrogens is 2. The number of fused-ring (bicyclic) bond motifs is 1. The molecule has 0 aliphatic carbocycles. The Labute approximate surface area is 115 Å². The van der Waals surface area contributed by atoms with Crippen LogP contribution in [0.4, 0.5) is 4.39 Å². The zero-order valence-electron chi connectivity index (χ0n) is 12.6. The van der Waals surface area contributed by atoms with Gasteiger partial charge in [-0.2, -0.15) is 5.10 Å². The maximum atomic E-state index is 14.5. The van der Waals surface area contributed by atoms with Crippen LogP contribution in [0.3, 0.4) is 0 Å². The second-order valence-electron chi connectivity index (χ2n) is 6.62. The minimum absolute atomic E-state index is 0.119. The monoisotopic (exact) mass is 265 g/mol. The van der Waals surface area contributed by atoms with E-state index in [2.05, 4.69) is 46.3 Å². The van der Waals surface area contributed by atoms with Gasteiger partial charge in [-0.05, 0) is 32.8 Å². The number of rotatable bonds is 1. The molecule has 19 heavy (non-hydrogen) atoms. The van der Waals surface area contributed by atoms with E-state index in [-0.39, 0.29) is 5.54 Å². The zero-order chi connectivity index (χ0) is 14.4. The molecule has 0 amide bonds. The van der Waals surface area contributed by atoms with Crippen LogP contribution in [0.2, 0.25) is 0 Å². The third kappa shape index (κ3) is 2.67. The van der Waals surface area contributed by atoms with Gasteiger partial charge < -0.3 is 4.90 Å². The highest BCUT2D eigenvalue weighted by Gasteiger charge is 2.31. The molecule has 1 aliphatic rings. The smallest absolute Gasteiger partial charge is 0.159 e. The molecule has 4 heteroatoms. The first kappa shape index (κ1) is 14.1. The number of halogens is 1. The van der Waals surface area contributed by atoms with Crippen LogP contribution in [0.25, 0.3) is 0 Å². The summed E-state index contributed by atoms with van der Waals surface area (Å²) in [6.45, 7) is 15.4. The standard InChI is InChI=1S/C15H24FN3/c1-10(2)13-7-14-12(16)9-18(15(4,5)6)11(3)8-19(14)17-13/h7,10,12H,3,8-9H2,1-2,4-6H3. The molecule has 1 aliphatic heterocycles. The molecule has 0 spiro atoms. The number of hydrogen-bond donors (Lipinski definition) is 0. The average molecular weight is 265 g/mol. The van der Waals surface area contributed by atoms with E-state index in [1.165, 1.54) is 0 Å². The van der Waals surface area contributed by atoms with Crippen molar-refractivity contribution >= 4 is 0 Å². The Hall–Kier alpha value is -1.32. The lowest BCUT2D eigenvalue weighted by Crippen LogP contribution is -2.41. The van der Waals surface area contributed by atoms with Crippen molar-refractivity contribution in [1.29, 1.82) is 0 Å². The summed E-state index contributed by atoms with van der Waals surface area (Å²) in [7, 11) is 0. The van der Waals surface area contributed by atoms with E-state index in [0.29, 0.717) is 24.7 Å². The van der Waals surface area contributed by atoms with Crippen molar-refractivity contribution in [3.63, 3.8) is 0 Å². The molecule has 1 aromatic rings. The van der Waals surface area contributed by atoms with Crippen molar-refractivity contribution < 1.29 is 4.39 Å². The fourth-order valence-electron chi connectivity index (χ4n) is 2.50. The molecule has 0 saturated carbocycles. The zero-order valence-corrected chi connectivity index (χ0v) is 12.6. The largest absolute Gasteiger partial charge is 0.366 e. The predicted octanol–water partition coefficient (Wildman–Crippen LogP) is 3.64. The van der Waals surface area contributed by atoms with Crippen molar-refractivity contribution in [2.45, 2.75) is 58.8 Å². The molecule has 0 N–H and O–H groups in total. The molecule has 0 aromatic carbocycles. The van der Waals surface area contributed by atoms with Gasteiger partial charge in [-0.25, -0.2) is 4.39 Å². The van der Waals surface area contributed by atoms with Gasteiger partial charge in [0.15, 0.2) is 6.17 Å². The molecular weight excluding hydrogens is 241 g/mol. The van der Waals surface area contributed by atoms with Crippen LogP contribution < -0.4 is 0 Å². The van der Waals surface area contributed by atoms with Crippen molar-refractivity contribution in [2.24, 2.45) is 0 Å². The fraction of sp³-hybridized carbons (Fsp3) is 0.667. The molecule has 3 nitrogen and oxygen atoms in total. The van der Waals surface area contributed by atoms with E-state index in [1.807, 2.05) is 11.0 Å². The molecule has 0 saturated heterocycles. The molecular formula is C15H24FN3. The lowest BCUT2D eigenvalue weighted by molar-refractivity contribution is 0.140. The highest BCUT2D eigenvalue weighted by atomic mass is 19.1. The summed E-state index contributed by atoms with van der Waals surface area (Å²) < 4.78 is 16.3. The fourth-order valence-corrected chi connectivity index (χ4v) is 2.50. The Balaban J connectivity index is 2.35. The summed E-state index contributed by atoms with van der Waals surface area (Å²) in [5.74, 6) is 0.318. The summed E-state index contributed by atoms with van der Waals surface area (Å²) in [5, 5.41) is 4.52. The summed E-state index contributed by atoms with van der Waals surface area (Å²) in [6.07, 6.45) is -1.02. The topological polar surface area (TPSA) is 21.1 Å². The maximum absolute atomic E-state index is 14.5. The van der Waals surface area contributed by atoms with E-state index in [1.54, 1.807) is 4.68 Å². The first-order chi connectivity index (χ1) is 8.70. The second-order valence-corrected chi connectivity index (χ2v) is 6.62. The number of hydrogen-bond acceptors (Lipinski definition) is 2. The van der Waals surface area contributed by atoms with E-state index in [9.17, 15) is 4.39 Å². The van der Waals surface area contributed by atoms with E-state index in [0.717, 1.165) is 11.4 Å². The van der Waals surface area contributed by atoms with Crippen molar-refractivity contribution in [2.75, 3.05) is 6.54 Å². The van der Waals surface area contributed by atoms with Gasteiger partial charge in [0.05, 0.1) is 24.5 Å². The summed E-state index contributed by atoms with van der Waals surface area (Å²) >= 11 is 0. The minimum Gasteiger partial charge on any atom is -0.366 e. The molecule has 1 aromatic heterocycles. The summed E-state index contributed by atoms with van der Waals surface area (Å²) in [4.78, 5) is 2.04. The van der Waals surface area contributed by atoms with Gasteiger partial charge in [0.1, 0.15) is 0 Å². The third-order valence-corrected chi connectivity index (χ3v) is 3.61. The van der Waals surface area contributed by atoms with Crippen molar-refractivity contribution in [3.8, 4) is 0 Å². The number of alkyl halides is 1. The average Bonchev–Trinajstić information content (AvgIpc) is 2.63. The van der Waals surface area contributed by atoms with Crippen LogP contribution in [0.5, 0.6) is 0 Å². The predicted molar refractivity (Wildman–Crippen MR) is 75.8 cm³/mol. The molecule has 0 fully saturated rings. The Morgan fingerprint density at radius 3 is 2.58 bits per heavy atom. The van der Waals surface area contributed by atoms with Gasteiger partial charge in [0, 0.05) is 11.2 Å². The Bertz CT molecular complexity index is 482. The van der Waals surface area contributed by atoms with E-state index >= 15 is 0 Å². The van der Waals surface area contributed by atoms with Crippen LogP contribution in [0.15, 0.2) is 18.3 Å². The van der Waals surface area contributed by atoms with Crippen LogP contribution in [0.1, 0.15) is 58.1 Å². The van der Waals surface area contributed by atoms with Gasteiger partial charge in [-0.1, -0.05) is 20.4 Å². The highest BCUT2D eigenvalue weighted by molar-refractivity contribution is 5.20. The SMILES string of the molecule is C=C1Cn2nc(C(C)C)cc2C(F)CN1C(C)(C)C. The Morgan fingerprint density at radius 1 is 1.42 bits per heavy atom. The lowest BCUT2D eigenvalue weighted by Gasteiger charge is -2.38. The van der Waals surface area contributed by atoms with Crippen LogP contribution in [-0.2, 0) is 6.54 Å². The summed E-state index contributed by atoms with van der Waals surface area (Å²) in [6, 6.07) is 1.90. The summed E-state index contributed by atoms with van der Waals surface area (Å²) in [5.41, 5.74) is 2.44. The molecule has 106 valence electrons. The van der Waals surface area contributed by atoms with Crippen molar-refractivity contribution in [1.82, 2.24) is 14.7 Å². The van der Waals surface area contributed by atoms with Crippen molar-refractivity contribution in [3.05, 3.63) is 29.7 Å². The van der Waals surface area contributed by atoms with Gasteiger partial charge >= 0.3 is 0 Å². The number of nitrogens with zero attached hydrogens (tertiary/aromatic N) is 3.